The van der Waals surface area contributed by atoms with Gasteiger partial charge >= 0.3 is 0 Å². The van der Waals surface area contributed by atoms with E-state index in [1.165, 1.54) is 13.0 Å². The van der Waals surface area contributed by atoms with Crippen LogP contribution in [0.5, 0.6) is 0 Å². The Bertz CT molecular complexity index is 1230. The van der Waals surface area contributed by atoms with Crippen LogP contribution in [-0.4, -0.2) is 28.2 Å². The van der Waals surface area contributed by atoms with Crippen LogP contribution in [0, 0.1) is 18.6 Å². The van der Waals surface area contributed by atoms with Gasteiger partial charge in [-0.3, -0.25) is 9.59 Å². The molecule has 2 aromatic carbocycles. The molecular formula is C23H21F2N3O2. The quantitative estimate of drug-likeness (QED) is 0.638. The normalized spacial score (nSPS) is 15.9. The molecule has 0 radical (unpaired) electrons. The highest BCUT2D eigenvalue weighted by atomic mass is 19.1. The monoisotopic (exact) mass is 409 g/mol. The topological polar surface area (TPSA) is 79.2 Å². The highest BCUT2D eigenvalue weighted by Crippen LogP contribution is 2.41. The Labute approximate surface area is 172 Å². The van der Waals surface area contributed by atoms with Crippen LogP contribution >= 0.6 is 0 Å². The molecule has 1 aromatic heterocycles. The fourth-order valence-electron chi connectivity index (χ4n) is 4.41. The standard InChI is InChI=1S/C23H21F2N3O2/c1-4-18(29)28-9-8-14-13(12(28)3)6-5-7-15(14)19-17(24)10-16(23(26)30)22-20(19)21(25)11(2)27-22/h4-7,10,12,27H,1,8-9H2,2-3H3,(H2,26,30). The zero-order chi connectivity index (χ0) is 21.7. The summed E-state index contributed by atoms with van der Waals surface area (Å²) in [4.78, 5) is 28.5. The lowest BCUT2D eigenvalue weighted by atomic mass is 9.85. The second kappa shape index (κ2) is 7.09. The van der Waals surface area contributed by atoms with Crippen molar-refractivity contribution in [2.75, 3.05) is 6.54 Å². The van der Waals surface area contributed by atoms with Crippen LogP contribution in [0.3, 0.4) is 0 Å². The Morgan fingerprint density at radius 2 is 2.07 bits per heavy atom. The number of nitrogens with zero attached hydrogens (tertiary/aromatic N) is 1. The summed E-state index contributed by atoms with van der Waals surface area (Å²) in [5.74, 6) is -2.36. The van der Waals surface area contributed by atoms with Crippen molar-refractivity contribution in [2.45, 2.75) is 26.3 Å². The predicted octanol–water partition coefficient (Wildman–Crippen LogP) is 4.15. The van der Waals surface area contributed by atoms with Gasteiger partial charge in [0.05, 0.1) is 17.1 Å². The number of amides is 2. The molecule has 1 unspecified atom stereocenters. The number of nitrogens with two attached hydrogens (primary N) is 1. The van der Waals surface area contributed by atoms with Gasteiger partial charge in [0.1, 0.15) is 5.82 Å². The van der Waals surface area contributed by atoms with Gasteiger partial charge in [0.15, 0.2) is 5.82 Å². The first-order valence-electron chi connectivity index (χ1n) is 9.61. The first-order valence-corrected chi connectivity index (χ1v) is 9.61. The number of hydrogen-bond acceptors (Lipinski definition) is 2. The third kappa shape index (κ3) is 2.81. The van der Waals surface area contributed by atoms with Crippen molar-refractivity contribution in [3.63, 3.8) is 0 Å². The first-order chi connectivity index (χ1) is 14.3. The molecule has 7 heteroatoms. The molecule has 5 nitrogen and oxygen atoms in total. The summed E-state index contributed by atoms with van der Waals surface area (Å²) < 4.78 is 30.3. The van der Waals surface area contributed by atoms with Crippen LogP contribution in [0.15, 0.2) is 36.9 Å². The molecular weight excluding hydrogens is 388 g/mol. The van der Waals surface area contributed by atoms with Gasteiger partial charge in [-0.15, -0.1) is 0 Å². The zero-order valence-electron chi connectivity index (χ0n) is 16.7. The van der Waals surface area contributed by atoms with Crippen molar-refractivity contribution in [2.24, 2.45) is 5.73 Å². The van der Waals surface area contributed by atoms with E-state index in [9.17, 15) is 9.59 Å². The largest absolute Gasteiger partial charge is 0.366 e. The van der Waals surface area contributed by atoms with Gasteiger partial charge < -0.3 is 15.6 Å². The number of halogens is 2. The van der Waals surface area contributed by atoms with Crippen molar-refractivity contribution >= 4 is 22.7 Å². The maximum atomic E-state index is 15.3. The van der Waals surface area contributed by atoms with E-state index in [2.05, 4.69) is 11.6 Å². The second-order valence-electron chi connectivity index (χ2n) is 7.49. The number of rotatable bonds is 3. The molecule has 2 heterocycles. The maximum Gasteiger partial charge on any atom is 0.250 e. The van der Waals surface area contributed by atoms with Gasteiger partial charge in [-0.25, -0.2) is 8.78 Å². The van der Waals surface area contributed by atoms with Crippen molar-refractivity contribution in [3.05, 3.63) is 70.9 Å². The van der Waals surface area contributed by atoms with Crippen molar-refractivity contribution in [1.82, 2.24) is 9.88 Å². The molecule has 0 saturated carbocycles. The number of fused-ring (bicyclic) bond motifs is 2. The van der Waals surface area contributed by atoms with Crippen LogP contribution < -0.4 is 5.73 Å². The number of hydrogen-bond donors (Lipinski definition) is 2. The van der Waals surface area contributed by atoms with E-state index in [-0.39, 0.29) is 39.7 Å². The van der Waals surface area contributed by atoms with Gasteiger partial charge in [-0.05, 0) is 49.1 Å². The number of aromatic amines is 1. The average Bonchev–Trinajstić information content (AvgIpc) is 3.01. The molecule has 154 valence electrons. The molecule has 2 amide bonds. The number of aryl methyl sites for hydroxylation is 1. The summed E-state index contributed by atoms with van der Waals surface area (Å²) in [5, 5.41) is 0.00644. The molecule has 1 aliphatic heterocycles. The fraction of sp³-hybridized carbons (Fsp3) is 0.217. The molecule has 0 bridgehead atoms. The average molecular weight is 409 g/mol. The molecule has 0 saturated heterocycles. The molecule has 30 heavy (non-hydrogen) atoms. The zero-order valence-corrected chi connectivity index (χ0v) is 16.7. The van der Waals surface area contributed by atoms with Gasteiger partial charge in [-0.1, -0.05) is 24.8 Å². The third-order valence-corrected chi connectivity index (χ3v) is 5.87. The summed E-state index contributed by atoms with van der Waals surface area (Å²) in [5.41, 5.74) is 8.01. The Hall–Kier alpha value is -3.48. The summed E-state index contributed by atoms with van der Waals surface area (Å²) in [7, 11) is 0. The van der Waals surface area contributed by atoms with E-state index in [4.69, 9.17) is 5.73 Å². The molecule has 0 spiro atoms. The molecule has 3 aromatic rings. The highest BCUT2D eigenvalue weighted by molar-refractivity contribution is 6.10. The predicted molar refractivity (Wildman–Crippen MR) is 111 cm³/mol. The van der Waals surface area contributed by atoms with Crippen molar-refractivity contribution in [1.29, 1.82) is 0 Å². The van der Waals surface area contributed by atoms with Gasteiger partial charge in [0.2, 0.25) is 5.91 Å². The van der Waals surface area contributed by atoms with Gasteiger partial charge in [0.25, 0.3) is 5.91 Å². The molecule has 1 atom stereocenters. The third-order valence-electron chi connectivity index (χ3n) is 5.87. The summed E-state index contributed by atoms with van der Waals surface area (Å²) >= 11 is 0. The number of benzene rings is 2. The second-order valence-corrected chi connectivity index (χ2v) is 7.49. The van der Waals surface area contributed by atoms with Crippen LogP contribution in [0.2, 0.25) is 0 Å². The Kier molecular flexibility index (Phi) is 4.68. The SMILES string of the molecule is C=CC(=O)N1CCc2c(-c3c(F)cc(C(N)=O)c4[nH]c(C)c(F)c34)cccc2C1C. The van der Waals surface area contributed by atoms with E-state index in [0.717, 1.165) is 17.2 Å². The van der Waals surface area contributed by atoms with Crippen molar-refractivity contribution in [3.8, 4) is 11.1 Å². The number of carbonyl (C=O) groups excluding carboxylic acids is 2. The van der Waals surface area contributed by atoms with E-state index >= 15 is 8.78 Å². The lowest BCUT2D eigenvalue weighted by Gasteiger charge is -2.35. The lowest BCUT2D eigenvalue weighted by molar-refractivity contribution is -0.128. The summed E-state index contributed by atoms with van der Waals surface area (Å²) in [6.07, 6.45) is 1.76. The number of nitrogens with one attached hydrogen (secondary N) is 1. The van der Waals surface area contributed by atoms with Crippen LogP contribution in [-0.2, 0) is 11.2 Å². The first kappa shape index (κ1) is 19.8. The minimum Gasteiger partial charge on any atom is -0.366 e. The minimum absolute atomic E-state index is 0.00644. The molecule has 1 aliphatic rings. The Morgan fingerprint density at radius 1 is 1.33 bits per heavy atom. The summed E-state index contributed by atoms with van der Waals surface area (Å²) in [6.45, 7) is 7.40. The highest BCUT2D eigenvalue weighted by Gasteiger charge is 2.30. The number of primary amides is 1. The van der Waals surface area contributed by atoms with E-state index < -0.39 is 17.5 Å². The fourth-order valence-corrected chi connectivity index (χ4v) is 4.41. The van der Waals surface area contributed by atoms with Gasteiger partial charge in [0, 0.05) is 23.2 Å². The molecule has 0 fully saturated rings. The molecule has 3 N–H and O–H groups in total. The van der Waals surface area contributed by atoms with Crippen LogP contribution in [0.4, 0.5) is 8.78 Å². The lowest BCUT2D eigenvalue weighted by Crippen LogP contribution is -2.38. The van der Waals surface area contributed by atoms with Crippen LogP contribution in [0.1, 0.15) is 40.1 Å². The van der Waals surface area contributed by atoms with Gasteiger partial charge in [-0.2, -0.15) is 0 Å². The smallest absolute Gasteiger partial charge is 0.250 e. The molecule has 4 rings (SSSR count). The minimum atomic E-state index is -0.839. The van der Waals surface area contributed by atoms with E-state index in [0.29, 0.717) is 18.5 Å². The van der Waals surface area contributed by atoms with Crippen molar-refractivity contribution < 1.29 is 18.4 Å². The van der Waals surface area contributed by atoms with Crippen LogP contribution in [0.25, 0.3) is 22.0 Å². The molecule has 0 aliphatic carbocycles. The number of aromatic nitrogens is 1. The number of carbonyl (C=O) groups is 2. The van der Waals surface area contributed by atoms with E-state index in [1.807, 2.05) is 13.0 Å². The maximum absolute atomic E-state index is 15.3. The number of H-pyrrole nitrogens is 1. The Balaban J connectivity index is 2.00. The van der Waals surface area contributed by atoms with E-state index in [1.54, 1.807) is 17.0 Å². The summed E-state index contributed by atoms with van der Waals surface area (Å²) in [6, 6.07) is 6.20. The Morgan fingerprint density at radius 3 is 2.73 bits per heavy atom.